The number of para-hydroxylation sites is 1. The summed E-state index contributed by atoms with van der Waals surface area (Å²) < 4.78 is 38.5. The van der Waals surface area contributed by atoms with Gasteiger partial charge < -0.3 is 14.6 Å². The number of halogens is 2. The van der Waals surface area contributed by atoms with Crippen LogP contribution in [-0.2, 0) is 26.2 Å². The van der Waals surface area contributed by atoms with Gasteiger partial charge in [-0.05, 0) is 43.7 Å². The van der Waals surface area contributed by atoms with Gasteiger partial charge in [-0.1, -0.05) is 35.3 Å². The zero-order valence-electron chi connectivity index (χ0n) is 19.3. The molecule has 0 spiro atoms. The van der Waals surface area contributed by atoms with E-state index in [9.17, 15) is 18.3 Å². The van der Waals surface area contributed by atoms with Crippen molar-refractivity contribution in [2.45, 2.75) is 43.9 Å². The van der Waals surface area contributed by atoms with Crippen molar-refractivity contribution in [1.82, 2.24) is 9.29 Å². The van der Waals surface area contributed by atoms with Gasteiger partial charge in [0.15, 0.2) is 0 Å². The van der Waals surface area contributed by atoms with Crippen LogP contribution < -0.4 is 4.74 Å². The highest BCUT2D eigenvalue weighted by molar-refractivity contribution is 7.89. The molecule has 0 aliphatic carbocycles. The minimum Gasteiger partial charge on any atom is -0.487 e. The second-order valence-corrected chi connectivity index (χ2v) is 11.0. The van der Waals surface area contributed by atoms with Gasteiger partial charge in [-0.2, -0.15) is 4.31 Å². The van der Waals surface area contributed by atoms with E-state index in [1.165, 1.54) is 12.1 Å². The van der Waals surface area contributed by atoms with Crippen LogP contribution in [0.3, 0.4) is 0 Å². The second kappa shape index (κ2) is 9.91. The molecule has 8 nitrogen and oxygen atoms in total. The van der Waals surface area contributed by atoms with Crippen LogP contribution in [0.15, 0.2) is 41.3 Å². The van der Waals surface area contributed by atoms with Crippen LogP contribution in [0.4, 0.5) is 0 Å². The number of aliphatic hydroxyl groups is 1. The highest BCUT2D eigenvalue weighted by Gasteiger charge is 2.45. The van der Waals surface area contributed by atoms with Gasteiger partial charge in [0.1, 0.15) is 28.8 Å². The third-order valence-corrected chi connectivity index (χ3v) is 8.77. The molecule has 4 rings (SSSR count). The maximum atomic E-state index is 13.4. The number of hydrogen-bond acceptors (Lipinski definition) is 7. The van der Waals surface area contributed by atoms with Gasteiger partial charge in [0, 0.05) is 34.6 Å². The molecule has 1 aromatic heterocycles. The van der Waals surface area contributed by atoms with E-state index in [0.29, 0.717) is 11.3 Å². The molecule has 35 heavy (non-hydrogen) atoms. The van der Waals surface area contributed by atoms with E-state index in [1.807, 2.05) is 32.0 Å². The SMILES string of the molecule is COC(=O)[C@@H]1C[C@@H](O)CN1S(=O)(=O)c1ccc(Cl)c(COc2cccc3c(C)cc(C)nc23)c1Cl. The largest absolute Gasteiger partial charge is 0.487 e. The van der Waals surface area contributed by atoms with E-state index < -0.39 is 28.1 Å². The number of fused-ring (bicyclic) bond motifs is 1. The van der Waals surface area contributed by atoms with Gasteiger partial charge in [0.2, 0.25) is 10.0 Å². The molecule has 11 heteroatoms. The number of carbonyl (C=O) groups is 1. The highest BCUT2D eigenvalue weighted by atomic mass is 35.5. The zero-order valence-corrected chi connectivity index (χ0v) is 21.6. The van der Waals surface area contributed by atoms with E-state index in [2.05, 4.69) is 4.98 Å². The van der Waals surface area contributed by atoms with Crippen molar-refractivity contribution in [2.75, 3.05) is 13.7 Å². The number of nitrogens with zero attached hydrogens (tertiary/aromatic N) is 2. The first-order chi connectivity index (χ1) is 16.5. The summed E-state index contributed by atoms with van der Waals surface area (Å²) >= 11 is 12.9. The second-order valence-electron chi connectivity index (χ2n) is 8.36. The minimum atomic E-state index is -4.26. The molecular formula is C24H24Cl2N2O6S. The van der Waals surface area contributed by atoms with E-state index in [4.69, 9.17) is 32.7 Å². The van der Waals surface area contributed by atoms with Gasteiger partial charge in [0.05, 0.1) is 18.2 Å². The molecule has 0 radical (unpaired) electrons. The lowest BCUT2D eigenvalue weighted by Gasteiger charge is -2.23. The molecule has 0 bridgehead atoms. The standard InChI is InChI=1S/C24H24Cl2N2O6S/c1-13-9-14(2)27-23-16(13)5-4-6-20(23)34-12-17-18(25)7-8-21(22(17)26)35(31,32)28-11-15(29)10-19(28)24(30)33-3/h4-9,15,19,29H,10-12H2,1-3H3/t15-,19+/m1/s1. The molecule has 2 aromatic carbocycles. The number of esters is 1. The number of aromatic nitrogens is 1. The zero-order chi connectivity index (χ0) is 25.5. The number of pyridine rings is 1. The van der Waals surface area contributed by atoms with Gasteiger partial charge in [-0.15, -0.1) is 0 Å². The lowest BCUT2D eigenvalue weighted by molar-refractivity contribution is -0.144. The summed E-state index contributed by atoms with van der Waals surface area (Å²) in [6.07, 6.45) is -1.08. The average molecular weight is 539 g/mol. The molecule has 3 aromatic rings. The first-order valence-electron chi connectivity index (χ1n) is 10.8. The van der Waals surface area contributed by atoms with Crippen LogP contribution >= 0.6 is 23.2 Å². The number of ether oxygens (including phenoxy) is 2. The lowest BCUT2D eigenvalue weighted by Crippen LogP contribution is -2.41. The number of benzene rings is 2. The van der Waals surface area contributed by atoms with Crippen LogP contribution in [0.2, 0.25) is 10.0 Å². The molecule has 1 aliphatic rings. The Hall–Kier alpha value is -2.43. The molecular weight excluding hydrogens is 515 g/mol. The third kappa shape index (κ3) is 4.83. The lowest BCUT2D eigenvalue weighted by atomic mass is 10.1. The maximum Gasteiger partial charge on any atom is 0.324 e. The minimum absolute atomic E-state index is 0.0694. The molecule has 1 fully saturated rings. The van der Waals surface area contributed by atoms with Crippen molar-refractivity contribution in [3.63, 3.8) is 0 Å². The van der Waals surface area contributed by atoms with Crippen LogP contribution in [0.1, 0.15) is 23.2 Å². The summed E-state index contributed by atoms with van der Waals surface area (Å²) in [6, 6.07) is 9.06. The Morgan fingerprint density at radius 2 is 1.97 bits per heavy atom. The van der Waals surface area contributed by atoms with E-state index in [1.54, 1.807) is 6.07 Å². The number of carbonyl (C=O) groups excluding carboxylic acids is 1. The summed E-state index contributed by atoms with van der Waals surface area (Å²) in [4.78, 5) is 16.5. The van der Waals surface area contributed by atoms with E-state index in [-0.39, 0.29) is 40.1 Å². The van der Waals surface area contributed by atoms with E-state index >= 15 is 0 Å². The monoisotopic (exact) mass is 538 g/mol. The molecule has 0 saturated carbocycles. The number of rotatable bonds is 6. The maximum absolute atomic E-state index is 13.4. The first-order valence-corrected chi connectivity index (χ1v) is 13.0. The summed E-state index contributed by atoms with van der Waals surface area (Å²) in [5.74, 6) is -0.254. The quantitative estimate of drug-likeness (QED) is 0.472. The predicted molar refractivity (Wildman–Crippen MR) is 132 cm³/mol. The van der Waals surface area contributed by atoms with Crippen LogP contribution in [-0.4, -0.2) is 54.6 Å². The fourth-order valence-corrected chi connectivity index (χ4v) is 6.75. The molecule has 186 valence electrons. The number of sulfonamides is 1. The number of aryl methyl sites for hydroxylation is 2. The summed E-state index contributed by atoms with van der Waals surface area (Å²) in [5, 5.41) is 11.1. The Morgan fingerprint density at radius 1 is 1.23 bits per heavy atom. The Balaban J connectivity index is 1.69. The fourth-order valence-electron chi connectivity index (χ4n) is 4.26. The topological polar surface area (TPSA) is 106 Å². The van der Waals surface area contributed by atoms with Crippen LogP contribution in [0.25, 0.3) is 10.9 Å². The van der Waals surface area contributed by atoms with Gasteiger partial charge in [0.25, 0.3) is 0 Å². The van der Waals surface area contributed by atoms with Crippen molar-refractivity contribution in [2.24, 2.45) is 0 Å². The normalized spacial score (nSPS) is 18.7. The third-order valence-electron chi connectivity index (χ3n) is 5.95. The smallest absolute Gasteiger partial charge is 0.324 e. The van der Waals surface area contributed by atoms with Crippen molar-refractivity contribution in [3.8, 4) is 5.75 Å². The molecule has 1 N–H and O–H groups in total. The van der Waals surface area contributed by atoms with Crippen LogP contribution in [0, 0.1) is 13.8 Å². The Bertz CT molecular complexity index is 1410. The van der Waals surface area contributed by atoms with Gasteiger partial charge >= 0.3 is 5.97 Å². The Kier molecular flexibility index (Phi) is 7.26. The number of methoxy groups -OCH3 is 1. The molecule has 1 saturated heterocycles. The molecule has 0 amide bonds. The van der Waals surface area contributed by atoms with Gasteiger partial charge in [-0.25, -0.2) is 13.4 Å². The number of hydrogen-bond donors (Lipinski definition) is 1. The fraction of sp³-hybridized carbons (Fsp3) is 0.333. The van der Waals surface area contributed by atoms with Crippen molar-refractivity contribution in [1.29, 1.82) is 0 Å². The summed E-state index contributed by atoms with van der Waals surface area (Å²) in [7, 11) is -3.10. The van der Waals surface area contributed by atoms with Crippen molar-refractivity contribution in [3.05, 3.63) is 63.3 Å². The van der Waals surface area contributed by atoms with Crippen molar-refractivity contribution < 1.29 is 27.8 Å². The summed E-state index contributed by atoms with van der Waals surface area (Å²) in [5.41, 5.74) is 2.83. The summed E-state index contributed by atoms with van der Waals surface area (Å²) in [6.45, 7) is 3.51. The first kappa shape index (κ1) is 25.7. The van der Waals surface area contributed by atoms with E-state index in [0.717, 1.165) is 28.1 Å². The predicted octanol–water partition coefficient (Wildman–Crippen LogP) is 4.03. The van der Waals surface area contributed by atoms with Gasteiger partial charge in [-0.3, -0.25) is 4.79 Å². The number of β-amino-alcohol motifs (C(OH)–C–C–N with tert-alkyl or cyclic N) is 1. The Morgan fingerprint density at radius 3 is 2.69 bits per heavy atom. The molecule has 0 unspecified atom stereocenters. The average Bonchev–Trinajstić information content (AvgIpc) is 3.21. The molecule has 2 atom stereocenters. The van der Waals surface area contributed by atoms with Crippen LogP contribution in [0.5, 0.6) is 5.75 Å². The Labute approximate surface area is 213 Å². The molecule has 1 aliphatic heterocycles. The van der Waals surface area contributed by atoms with Crippen molar-refractivity contribution >= 4 is 50.1 Å². The molecule has 2 heterocycles. The highest BCUT2D eigenvalue weighted by Crippen LogP contribution is 2.37. The number of aliphatic hydroxyl groups excluding tert-OH is 1.